The highest BCUT2D eigenvalue weighted by molar-refractivity contribution is 7.92. The first-order valence-corrected chi connectivity index (χ1v) is 19.7. The first-order chi connectivity index (χ1) is 27.5. The van der Waals surface area contributed by atoms with Crippen molar-refractivity contribution in [3.05, 3.63) is 105 Å². The Hall–Kier alpha value is -5.49. The minimum atomic E-state index is -5.14. The predicted octanol–water partition coefficient (Wildman–Crippen LogP) is 5.72. The fourth-order valence-corrected chi connectivity index (χ4v) is 7.99. The number of fused-ring (bicyclic) bond motifs is 4. The fraction of sp³-hybridized carbons (Fsp3) is 0.316. The number of hydrogen-bond donors (Lipinski definition) is 4. The van der Waals surface area contributed by atoms with E-state index in [-0.39, 0.29) is 49.8 Å². The van der Waals surface area contributed by atoms with E-state index in [1.54, 1.807) is 0 Å². The Morgan fingerprint density at radius 1 is 1.07 bits per heavy atom. The lowest BCUT2D eigenvalue weighted by Crippen LogP contribution is -2.36. The minimum absolute atomic E-state index is 0.0461. The van der Waals surface area contributed by atoms with Gasteiger partial charge in [0, 0.05) is 35.7 Å². The van der Waals surface area contributed by atoms with Gasteiger partial charge in [-0.1, -0.05) is 35.7 Å². The number of aryl methyl sites for hydroxylation is 1. The highest BCUT2D eigenvalue weighted by Gasteiger charge is 2.61. The molecule has 3 heterocycles. The molecule has 2 aromatic carbocycles. The Bertz CT molecular complexity index is 2740. The molecule has 59 heavy (non-hydrogen) atoms. The van der Waals surface area contributed by atoms with Crippen LogP contribution >= 0.6 is 11.6 Å². The lowest BCUT2D eigenvalue weighted by molar-refractivity contribution is -0.142. The maximum absolute atomic E-state index is 15.6. The van der Waals surface area contributed by atoms with E-state index in [1.165, 1.54) is 49.0 Å². The van der Waals surface area contributed by atoms with Crippen LogP contribution < -0.4 is 10.0 Å². The first kappa shape index (κ1) is 41.7. The van der Waals surface area contributed by atoms with Crippen molar-refractivity contribution in [1.29, 1.82) is 0 Å². The van der Waals surface area contributed by atoms with Gasteiger partial charge in [0.15, 0.2) is 11.5 Å². The highest BCUT2D eigenvalue weighted by Crippen LogP contribution is 2.60. The molecule has 0 saturated carbocycles. The first-order valence-electron chi connectivity index (χ1n) is 17.5. The average Bonchev–Trinajstić information content (AvgIpc) is 3.68. The van der Waals surface area contributed by atoms with Gasteiger partial charge < -0.3 is 15.5 Å². The molecular weight excluding hydrogens is 835 g/mol. The van der Waals surface area contributed by atoms with Gasteiger partial charge in [-0.05, 0) is 55.2 Å². The van der Waals surface area contributed by atoms with E-state index in [2.05, 4.69) is 37.1 Å². The summed E-state index contributed by atoms with van der Waals surface area (Å²) in [5, 5.41) is 30.4. The lowest BCUT2D eigenvalue weighted by Gasteiger charge is -2.27. The highest BCUT2D eigenvalue weighted by atomic mass is 35.5. The van der Waals surface area contributed by atoms with E-state index in [1.807, 2.05) is 0 Å². The zero-order chi connectivity index (χ0) is 43.0. The van der Waals surface area contributed by atoms with Crippen LogP contribution in [-0.2, 0) is 46.9 Å². The van der Waals surface area contributed by atoms with Gasteiger partial charge in [0.2, 0.25) is 15.9 Å². The number of alkyl halides is 5. The van der Waals surface area contributed by atoms with E-state index in [4.69, 9.17) is 11.6 Å². The van der Waals surface area contributed by atoms with Gasteiger partial charge >= 0.3 is 6.18 Å². The summed E-state index contributed by atoms with van der Waals surface area (Å²) in [6.45, 7) is -0.707. The van der Waals surface area contributed by atoms with E-state index in [0.29, 0.717) is 10.7 Å². The number of amides is 1. The zero-order valence-corrected chi connectivity index (χ0v) is 32.4. The third-order valence-electron chi connectivity index (χ3n) is 9.76. The van der Waals surface area contributed by atoms with Gasteiger partial charge in [0.1, 0.15) is 35.2 Å². The van der Waals surface area contributed by atoms with Crippen LogP contribution in [0.1, 0.15) is 52.8 Å². The summed E-state index contributed by atoms with van der Waals surface area (Å²) in [4.78, 5) is 18.6. The summed E-state index contributed by atoms with van der Waals surface area (Å²) in [6.07, 6.45) is -2.41. The number of rotatable bonds is 10. The Kier molecular flexibility index (Phi) is 10.3. The van der Waals surface area contributed by atoms with Crippen molar-refractivity contribution >= 4 is 44.3 Å². The van der Waals surface area contributed by atoms with Crippen LogP contribution in [0.5, 0.6) is 0 Å². The van der Waals surface area contributed by atoms with Crippen LogP contribution in [0.25, 0.3) is 22.0 Å². The summed E-state index contributed by atoms with van der Waals surface area (Å²) in [6, 6.07) is 6.82. The standard InChI is InChI=1S/C38H31ClF7N7O5S/c1-36(56,17-54)11-10-21-4-5-22(23-7-9-26(39)30-32(23)52(2)50-35(30)51-59(3,57)58)31(47-21)27(14-18-12-19(40)15-20(41)13-18)48-28(55)16-53-34-29(33(49-53)38(44,45)46)24-6-8-25(24)37(34,42)43/h4-9,12-13,15,24-25,27,54,56H,14,16-17H2,1-3H3,(H,48,55)(H,50,51)/t24-,25+,27-,36?/m0/s1. The van der Waals surface area contributed by atoms with Crippen LogP contribution in [0.15, 0.2) is 54.6 Å². The molecule has 3 aromatic heterocycles. The second kappa shape index (κ2) is 14.7. The number of nitrogens with zero attached hydrogens (tertiary/aromatic N) is 5. The molecule has 0 fully saturated rings. The molecule has 0 bridgehead atoms. The average molecular weight is 866 g/mol. The number of carbonyl (C=O) groups is 1. The predicted molar refractivity (Wildman–Crippen MR) is 199 cm³/mol. The number of anilines is 1. The molecule has 0 radical (unpaired) electrons. The largest absolute Gasteiger partial charge is 0.435 e. The van der Waals surface area contributed by atoms with Crippen LogP contribution in [0.2, 0.25) is 5.02 Å². The number of nitrogens with one attached hydrogen (secondary N) is 2. The number of allylic oxidation sites excluding steroid dienone is 2. The van der Waals surface area contributed by atoms with Gasteiger partial charge in [-0.15, -0.1) is 0 Å². The Morgan fingerprint density at radius 3 is 2.36 bits per heavy atom. The van der Waals surface area contributed by atoms with Crippen molar-refractivity contribution in [3.8, 4) is 23.0 Å². The van der Waals surface area contributed by atoms with Gasteiger partial charge in [0.05, 0.1) is 46.4 Å². The molecule has 12 nitrogen and oxygen atoms in total. The number of aromatic nitrogens is 5. The summed E-state index contributed by atoms with van der Waals surface area (Å²) in [7, 11) is -2.40. The van der Waals surface area contributed by atoms with Crippen molar-refractivity contribution in [2.24, 2.45) is 13.0 Å². The van der Waals surface area contributed by atoms with Crippen LogP contribution in [-0.4, -0.2) is 67.5 Å². The molecule has 0 saturated heterocycles. The van der Waals surface area contributed by atoms with E-state index >= 15 is 8.78 Å². The summed E-state index contributed by atoms with van der Waals surface area (Å²) >= 11 is 6.55. The second-order valence-corrected chi connectivity index (χ2v) is 16.6. The van der Waals surface area contributed by atoms with E-state index < -0.39 is 99.7 Å². The Balaban J connectivity index is 1.40. The minimum Gasteiger partial charge on any atom is -0.392 e. The number of hydrogen-bond acceptors (Lipinski definition) is 8. The summed E-state index contributed by atoms with van der Waals surface area (Å²) in [5.41, 5.74) is -4.84. The Labute approximate surface area is 335 Å². The second-order valence-electron chi connectivity index (χ2n) is 14.4. The summed E-state index contributed by atoms with van der Waals surface area (Å²) in [5.74, 6) is -4.89. The number of halogens is 8. The number of aliphatic hydroxyl groups is 2. The topological polar surface area (TPSA) is 164 Å². The third-order valence-corrected chi connectivity index (χ3v) is 10.6. The molecule has 0 spiro atoms. The molecule has 7 rings (SSSR count). The van der Waals surface area contributed by atoms with E-state index in [0.717, 1.165) is 24.5 Å². The molecule has 4 N–H and O–H groups in total. The smallest absolute Gasteiger partial charge is 0.392 e. The molecule has 21 heteroatoms. The van der Waals surface area contributed by atoms with Crippen molar-refractivity contribution in [2.75, 3.05) is 17.6 Å². The van der Waals surface area contributed by atoms with Gasteiger partial charge in [-0.3, -0.25) is 18.9 Å². The van der Waals surface area contributed by atoms with Crippen LogP contribution in [0, 0.1) is 29.4 Å². The number of benzene rings is 2. The van der Waals surface area contributed by atoms with Crippen LogP contribution in [0.3, 0.4) is 0 Å². The molecule has 5 aromatic rings. The lowest BCUT2D eigenvalue weighted by atomic mass is 9.81. The molecule has 4 atom stereocenters. The Morgan fingerprint density at radius 2 is 1.75 bits per heavy atom. The number of aliphatic hydroxyl groups excluding tert-OH is 1. The number of carbonyl (C=O) groups excluding carboxylic acids is 1. The molecular formula is C38H31ClF7N7O5S. The molecule has 310 valence electrons. The fourth-order valence-electron chi connectivity index (χ4n) is 7.26. The monoisotopic (exact) mass is 865 g/mol. The molecule has 2 aliphatic rings. The molecule has 1 unspecified atom stereocenters. The van der Waals surface area contributed by atoms with Crippen molar-refractivity contribution in [1.82, 2.24) is 29.9 Å². The van der Waals surface area contributed by atoms with Crippen molar-refractivity contribution in [3.63, 3.8) is 0 Å². The van der Waals surface area contributed by atoms with Gasteiger partial charge in [-0.2, -0.15) is 32.1 Å². The number of sulfonamides is 1. The maximum atomic E-state index is 15.6. The molecule has 1 amide bonds. The third kappa shape index (κ3) is 7.99. The molecule has 0 aliphatic heterocycles. The van der Waals surface area contributed by atoms with Crippen molar-refractivity contribution in [2.45, 2.75) is 49.5 Å². The maximum Gasteiger partial charge on any atom is 0.435 e. The zero-order valence-electron chi connectivity index (χ0n) is 30.8. The van der Waals surface area contributed by atoms with Crippen LogP contribution in [0.4, 0.5) is 36.6 Å². The van der Waals surface area contributed by atoms with Gasteiger partial charge in [0.25, 0.3) is 5.92 Å². The van der Waals surface area contributed by atoms with E-state index in [9.17, 15) is 45.4 Å². The SMILES string of the molecule is Cn1nc(NS(C)(=O)=O)c2c(Cl)ccc(-c3ccc(C#CC(C)(O)CO)nc3[C@H](Cc3cc(F)cc(F)c3)NC(=O)Cn3nc(C(F)(F)F)c4c3C(F)(F)[C@@H]3C=C[C@H]43)c21. The van der Waals surface area contributed by atoms with Crippen molar-refractivity contribution < 1.29 is 54.2 Å². The van der Waals surface area contributed by atoms with Gasteiger partial charge in [-0.25, -0.2) is 22.2 Å². The number of pyridine rings is 1. The summed E-state index contributed by atoms with van der Waals surface area (Å²) < 4.78 is 131. The molecule has 2 aliphatic carbocycles. The normalized spacial score (nSPS) is 18.3. The quantitative estimate of drug-likeness (QED) is 0.0787.